The molecule has 0 saturated heterocycles. The molecular formula is C14H23N3O2. The van der Waals surface area contributed by atoms with E-state index in [4.69, 9.17) is 5.73 Å². The van der Waals surface area contributed by atoms with Crippen LogP contribution >= 0.6 is 0 Å². The number of hydrogen-bond acceptors (Lipinski definition) is 3. The molecule has 0 radical (unpaired) electrons. The average molecular weight is 265 g/mol. The van der Waals surface area contributed by atoms with E-state index in [-0.39, 0.29) is 11.2 Å². The van der Waals surface area contributed by atoms with Crippen molar-refractivity contribution >= 4 is 0 Å². The normalized spacial score (nSPS) is 16.7. The minimum absolute atomic E-state index is 0.188. The Bertz CT molecular complexity index is 512. The fourth-order valence-corrected chi connectivity index (χ4v) is 2.80. The van der Waals surface area contributed by atoms with Crippen LogP contribution in [-0.2, 0) is 13.1 Å². The summed E-state index contributed by atoms with van der Waals surface area (Å²) in [6, 6.07) is 1.49. The van der Waals surface area contributed by atoms with Crippen molar-refractivity contribution in [2.75, 3.05) is 6.54 Å². The standard InChI is InChI=1S/C14H23N3O2/c15-8-4-9-17-13(18)7-10-16(14(17)19)11-12-5-2-1-3-6-12/h7,10,12H,1-6,8-9,11,15H2. The van der Waals surface area contributed by atoms with Gasteiger partial charge in [-0.1, -0.05) is 19.3 Å². The van der Waals surface area contributed by atoms with Crippen molar-refractivity contribution < 1.29 is 0 Å². The molecule has 19 heavy (non-hydrogen) atoms. The first-order valence-electron chi connectivity index (χ1n) is 7.22. The molecule has 1 heterocycles. The fraction of sp³-hybridized carbons (Fsp3) is 0.714. The van der Waals surface area contributed by atoms with Gasteiger partial charge in [-0.25, -0.2) is 4.79 Å². The zero-order chi connectivity index (χ0) is 13.7. The smallest absolute Gasteiger partial charge is 0.330 e. The van der Waals surface area contributed by atoms with Crippen LogP contribution in [-0.4, -0.2) is 15.7 Å². The highest BCUT2D eigenvalue weighted by molar-refractivity contribution is 4.87. The largest absolute Gasteiger partial charge is 0.330 e. The number of nitrogens with two attached hydrogens (primary N) is 1. The minimum Gasteiger partial charge on any atom is -0.330 e. The van der Waals surface area contributed by atoms with Gasteiger partial charge in [0, 0.05) is 25.4 Å². The molecule has 1 aliphatic carbocycles. The van der Waals surface area contributed by atoms with E-state index in [1.54, 1.807) is 10.8 Å². The average Bonchev–Trinajstić information content (AvgIpc) is 2.43. The SMILES string of the molecule is NCCCn1c(=O)ccn(CC2CCCCC2)c1=O. The molecule has 106 valence electrons. The molecule has 0 unspecified atom stereocenters. The molecule has 1 aliphatic rings. The van der Waals surface area contributed by atoms with Crippen LogP contribution in [0.5, 0.6) is 0 Å². The van der Waals surface area contributed by atoms with Gasteiger partial charge in [0.15, 0.2) is 0 Å². The minimum atomic E-state index is -0.224. The quantitative estimate of drug-likeness (QED) is 0.861. The van der Waals surface area contributed by atoms with E-state index >= 15 is 0 Å². The molecule has 1 aromatic heterocycles. The maximum absolute atomic E-state index is 12.3. The molecule has 1 aromatic rings. The van der Waals surface area contributed by atoms with Gasteiger partial charge >= 0.3 is 5.69 Å². The predicted octanol–water partition coefficient (Wildman–Crippen LogP) is 0.939. The molecule has 2 rings (SSSR count). The molecule has 0 bridgehead atoms. The maximum atomic E-state index is 12.3. The van der Waals surface area contributed by atoms with Gasteiger partial charge < -0.3 is 10.3 Å². The lowest BCUT2D eigenvalue weighted by atomic mass is 9.89. The van der Waals surface area contributed by atoms with Gasteiger partial charge in [0.1, 0.15) is 0 Å². The van der Waals surface area contributed by atoms with E-state index in [2.05, 4.69) is 0 Å². The Kier molecular flexibility index (Phi) is 4.96. The first-order chi connectivity index (χ1) is 9.22. The van der Waals surface area contributed by atoms with E-state index in [0.29, 0.717) is 25.4 Å². The second-order valence-electron chi connectivity index (χ2n) is 5.39. The Morgan fingerprint density at radius 3 is 2.63 bits per heavy atom. The van der Waals surface area contributed by atoms with Crippen molar-refractivity contribution in [3.8, 4) is 0 Å². The lowest BCUT2D eigenvalue weighted by molar-refractivity contribution is 0.310. The van der Waals surface area contributed by atoms with Crippen molar-refractivity contribution in [1.29, 1.82) is 0 Å². The number of nitrogens with zero attached hydrogens (tertiary/aromatic N) is 2. The summed E-state index contributed by atoms with van der Waals surface area (Å²) in [6.07, 6.45) is 8.49. The molecular weight excluding hydrogens is 242 g/mol. The third-order valence-electron chi connectivity index (χ3n) is 3.91. The first-order valence-corrected chi connectivity index (χ1v) is 7.22. The molecule has 1 fully saturated rings. The Morgan fingerprint density at radius 1 is 1.21 bits per heavy atom. The van der Waals surface area contributed by atoms with Crippen LogP contribution in [0.1, 0.15) is 38.5 Å². The first kappa shape index (κ1) is 14.1. The van der Waals surface area contributed by atoms with Crippen LogP contribution in [0.15, 0.2) is 21.9 Å². The second-order valence-corrected chi connectivity index (χ2v) is 5.39. The second kappa shape index (κ2) is 6.70. The van der Waals surface area contributed by atoms with Crippen molar-refractivity contribution in [1.82, 2.24) is 9.13 Å². The molecule has 5 heteroatoms. The van der Waals surface area contributed by atoms with Gasteiger partial charge in [-0.05, 0) is 31.7 Å². The summed E-state index contributed by atoms with van der Waals surface area (Å²) in [5, 5.41) is 0. The summed E-state index contributed by atoms with van der Waals surface area (Å²) < 4.78 is 2.99. The van der Waals surface area contributed by atoms with Gasteiger partial charge in [-0.2, -0.15) is 0 Å². The Balaban J connectivity index is 2.16. The number of aromatic nitrogens is 2. The fourth-order valence-electron chi connectivity index (χ4n) is 2.80. The molecule has 5 nitrogen and oxygen atoms in total. The van der Waals surface area contributed by atoms with E-state index < -0.39 is 0 Å². The highest BCUT2D eigenvalue weighted by Crippen LogP contribution is 2.24. The molecule has 1 saturated carbocycles. The summed E-state index contributed by atoms with van der Waals surface area (Å²) >= 11 is 0. The lowest BCUT2D eigenvalue weighted by Crippen LogP contribution is -2.40. The van der Waals surface area contributed by atoms with E-state index in [9.17, 15) is 9.59 Å². The molecule has 0 spiro atoms. The molecule has 0 atom stereocenters. The topological polar surface area (TPSA) is 70.0 Å². The Morgan fingerprint density at radius 2 is 1.95 bits per heavy atom. The van der Waals surface area contributed by atoms with Crippen LogP contribution in [0.2, 0.25) is 0 Å². The predicted molar refractivity (Wildman–Crippen MR) is 75.2 cm³/mol. The van der Waals surface area contributed by atoms with Crippen LogP contribution in [0.4, 0.5) is 0 Å². The van der Waals surface area contributed by atoms with Gasteiger partial charge in [-0.3, -0.25) is 9.36 Å². The van der Waals surface area contributed by atoms with E-state index in [0.717, 1.165) is 6.54 Å². The van der Waals surface area contributed by atoms with E-state index in [1.807, 2.05) is 0 Å². The van der Waals surface area contributed by atoms with Crippen LogP contribution in [0.25, 0.3) is 0 Å². The zero-order valence-corrected chi connectivity index (χ0v) is 11.4. The van der Waals surface area contributed by atoms with Gasteiger partial charge in [0.05, 0.1) is 0 Å². The molecule has 0 amide bonds. The third kappa shape index (κ3) is 3.56. The van der Waals surface area contributed by atoms with Crippen LogP contribution < -0.4 is 17.0 Å². The molecule has 0 aliphatic heterocycles. The Labute approximate surface area is 113 Å². The highest BCUT2D eigenvalue weighted by atomic mass is 16.2. The van der Waals surface area contributed by atoms with Crippen LogP contribution in [0.3, 0.4) is 0 Å². The summed E-state index contributed by atoms with van der Waals surface area (Å²) in [7, 11) is 0. The summed E-state index contributed by atoms with van der Waals surface area (Å²) in [6.45, 7) is 1.64. The number of rotatable bonds is 5. The summed E-state index contributed by atoms with van der Waals surface area (Å²) in [5.74, 6) is 0.576. The number of hydrogen-bond donors (Lipinski definition) is 1. The lowest BCUT2D eigenvalue weighted by Gasteiger charge is -2.22. The Hall–Kier alpha value is -1.36. The van der Waals surface area contributed by atoms with Gasteiger partial charge in [0.2, 0.25) is 0 Å². The van der Waals surface area contributed by atoms with Crippen molar-refractivity contribution in [3.05, 3.63) is 33.1 Å². The molecule has 0 aromatic carbocycles. The third-order valence-corrected chi connectivity index (χ3v) is 3.91. The van der Waals surface area contributed by atoms with Gasteiger partial charge in [0.25, 0.3) is 5.56 Å². The summed E-state index contributed by atoms with van der Waals surface area (Å²) in [4.78, 5) is 24.0. The van der Waals surface area contributed by atoms with Crippen molar-refractivity contribution in [2.45, 2.75) is 51.6 Å². The van der Waals surface area contributed by atoms with Gasteiger partial charge in [-0.15, -0.1) is 0 Å². The summed E-state index contributed by atoms with van der Waals surface area (Å²) in [5.41, 5.74) is 5.03. The monoisotopic (exact) mass is 265 g/mol. The maximum Gasteiger partial charge on any atom is 0.330 e. The van der Waals surface area contributed by atoms with Crippen molar-refractivity contribution in [2.24, 2.45) is 11.7 Å². The van der Waals surface area contributed by atoms with Crippen LogP contribution in [0, 0.1) is 5.92 Å². The zero-order valence-electron chi connectivity index (χ0n) is 11.4. The van der Waals surface area contributed by atoms with E-state index in [1.165, 1.54) is 42.7 Å². The van der Waals surface area contributed by atoms with Crippen molar-refractivity contribution in [3.63, 3.8) is 0 Å². The highest BCUT2D eigenvalue weighted by Gasteiger charge is 2.15. The molecule has 2 N–H and O–H groups in total.